The predicted octanol–water partition coefficient (Wildman–Crippen LogP) is 0.200. The highest BCUT2D eigenvalue weighted by Crippen LogP contribution is 2.46. The molecule has 1 unspecified atom stereocenters. The van der Waals surface area contributed by atoms with E-state index in [1.165, 1.54) is 19.1 Å². The van der Waals surface area contributed by atoms with Gasteiger partial charge in [0.25, 0.3) is 0 Å². The highest BCUT2D eigenvalue weighted by atomic mass is 32.2. The molecule has 1 heterocycles. The fourth-order valence-corrected chi connectivity index (χ4v) is 4.65. The van der Waals surface area contributed by atoms with Gasteiger partial charge in [-0.3, -0.25) is 9.89 Å². The zero-order valence-corrected chi connectivity index (χ0v) is 14.0. The predicted molar refractivity (Wildman–Crippen MR) is 86.1 cm³/mol. The number of nitrogens with two attached hydrogens (primary N) is 1. The highest BCUT2D eigenvalue weighted by Gasteiger charge is 2.45. The molecule has 2 rings (SSSR count). The van der Waals surface area contributed by atoms with Crippen LogP contribution in [0, 0.1) is 5.41 Å². The van der Waals surface area contributed by atoms with Gasteiger partial charge in [0.2, 0.25) is 0 Å². The van der Waals surface area contributed by atoms with Crippen LogP contribution < -0.4 is 11.1 Å². The summed E-state index contributed by atoms with van der Waals surface area (Å²) >= 11 is 0. The zero-order valence-electron chi connectivity index (χ0n) is 13.1. The van der Waals surface area contributed by atoms with Crippen molar-refractivity contribution in [2.45, 2.75) is 38.6 Å². The van der Waals surface area contributed by atoms with E-state index in [4.69, 9.17) is 5.73 Å². The molecule has 0 aromatic rings. The second kappa shape index (κ2) is 6.52. The topological polar surface area (TPSA) is 87.8 Å². The van der Waals surface area contributed by atoms with Crippen molar-refractivity contribution in [2.75, 3.05) is 38.2 Å². The maximum absolute atomic E-state index is 11.4. The van der Waals surface area contributed by atoms with E-state index in [2.05, 4.69) is 22.1 Å². The summed E-state index contributed by atoms with van der Waals surface area (Å²) < 4.78 is 22.8. The number of guanidine groups is 1. The van der Waals surface area contributed by atoms with Crippen LogP contribution in [0.5, 0.6) is 0 Å². The van der Waals surface area contributed by atoms with E-state index in [1.807, 2.05) is 0 Å². The van der Waals surface area contributed by atoms with E-state index >= 15 is 0 Å². The summed E-state index contributed by atoms with van der Waals surface area (Å²) in [5.41, 5.74) is 5.76. The number of hydrogen-bond donors (Lipinski definition) is 2. The first-order chi connectivity index (χ1) is 9.84. The molecule has 1 aliphatic heterocycles. The number of nitrogens with zero attached hydrogens (tertiary/aromatic N) is 2. The van der Waals surface area contributed by atoms with Crippen LogP contribution in [0.2, 0.25) is 0 Å². The molecule has 0 aromatic heterocycles. The molecule has 0 amide bonds. The Morgan fingerprint density at radius 1 is 1.48 bits per heavy atom. The van der Waals surface area contributed by atoms with Crippen LogP contribution in [0.3, 0.4) is 0 Å². The largest absolute Gasteiger partial charge is 0.370 e. The molecular weight excluding hydrogens is 288 g/mol. The Kier molecular flexibility index (Phi) is 5.14. The van der Waals surface area contributed by atoms with Gasteiger partial charge in [0.05, 0.1) is 5.75 Å². The van der Waals surface area contributed by atoms with Gasteiger partial charge in [0, 0.05) is 30.8 Å². The second-order valence-electron chi connectivity index (χ2n) is 6.58. The van der Waals surface area contributed by atoms with E-state index in [9.17, 15) is 8.42 Å². The highest BCUT2D eigenvalue weighted by molar-refractivity contribution is 7.90. The van der Waals surface area contributed by atoms with Gasteiger partial charge in [-0.05, 0) is 38.8 Å². The molecule has 0 bridgehead atoms. The van der Waals surface area contributed by atoms with Gasteiger partial charge in [0.15, 0.2) is 5.96 Å². The van der Waals surface area contributed by atoms with Crippen molar-refractivity contribution in [3.63, 3.8) is 0 Å². The van der Waals surface area contributed by atoms with Crippen LogP contribution in [-0.2, 0) is 9.84 Å². The van der Waals surface area contributed by atoms with E-state index < -0.39 is 9.84 Å². The molecule has 0 spiro atoms. The molecule has 7 heteroatoms. The van der Waals surface area contributed by atoms with Crippen LogP contribution in [0.25, 0.3) is 0 Å². The van der Waals surface area contributed by atoms with Crippen LogP contribution in [0.1, 0.15) is 32.6 Å². The van der Waals surface area contributed by atoms with Crippen molar-refractivity contribution in [3.05, 3.63) is 0 Å². The summed E-state index contributed by atoms with van der Waals surface area (Å²) in [6, 6.07) is 0.537. The summed E-state index contributed by atoms with van der Waals surface area (Å²) in [6.45, 7) is 5.75. The lowest BCUT2D eigenvalue weighted by molar-refractivity contribution is 0.267. The number of nitrogens with one attached hydrogen (secondary N) is 1. The number of rotatable bonds is 7. The maximum Gasteiger partial charge on any atom is 0.188 e. The molecule has 1 atom stereocenters. The standard InChI is InChI=1S/C14H28N4O2S/c1-3-18-8-4-5-12(18)9-16-13(15)17-10-14(6-7-14)11-21(2,19)20/h12H,3-11H2,1-2H3,(H3,15,16,17). The Morgan fingerprint density at radius 3 is 2.76 bits per heavy atom. The van der Waals surface area contributed by atoms with Gasteiger partial charge in [-0.15, -0.1) is 0 Å². The third-order valence-electron chi connectivity index (χ3n) is 4.53. The van der Waals surface area contributed by atoms with Crippen LogP contribution >= 0.6 is 0 Å². The lowest BCUT2D eigenvalue weighted by Gasteiger charge is -2.23. The number of aliphatic imine (C=N–C) groups is 1. The fourth-order valence-electron chi connectivity index (χ4n) is 3.15. The van der Waals surface area contributed by atoms with Crippen molar-refractivity contribution in [1.82, 2.24) is 10.2 Å². The van der Waals surface area contributed by atoms with Gasteiger partial charge in [-0.25, -0.2) is 8.42 Å². The third kappa shape index (κ3) is 5.14. The first-order valence-corrected chi connectivity index (χ1v) is 9.85. The van der Waals surface area contributed by atoms with Crippen molar-refractivity contribution in [2.24, 2.45) is 16.1 Å². The molecule has 0 radical (unpaired) electrons. The number of sulfone groups is 1. The third-order valence-corrected chi connectivity index (χ3v) is 5.67. The molecule has 21 heavy (non-hydrogen) atoms. The molecule has 1 aliphatic carbocycles. The Hall–Kier alpha value is -0.820. The van der Waals surface area contributed by atoms with Gasteiger partial charge in [0.1, 0.15) is 9.84 Å². The molecule has 6 nitrogen and oxygen atoms in total. The molecule has 2 aliphatic rings. The smallest absolute Gasteiger partial charge is 0.188 e. The molecule has 0 aromatic carbocycles. The van der Waals surface area contributed by atoms with E-state index in [1.54, 1.807) is 0 Å². The lowest BCUT2D eigenvalue weighted by atomic mass is 10.1. The summed E-state index contributed by atoms with van der Waals surface area (Å²) in [5, 5.41) is 3.19. The van der Waals surface area contributed by atoms with Crippen LogP contribution in [0.4, 0.5) is 0 Å². The van der Waals surface area contributed by atoms with Crippen LogP contribution in [0.15, 0.2) is 4.99 Å². The molecule has 122 valence electrons. The quantitative estimate of drug-likeness (QED) is 0.517. The van der Waals surface area contributed by atoms with Crippen molar-refractivity contribution >= 4 is 15.8 Å². The van der Waals surface area contributed by atoms with E-state index in [0.29, 0.717) is 18.5 Å². The minimum absolute atomic E-state index is 0.150. The molecule has 3 N–H and O–H groups in total. The second-order valence-corrected chi connectivity index (χ2v) is 8.72. The molecule has 1 saturated heterocycles. The summed E-state index contributed by atoms with van der Waals surface area (Å²) in [6.07, 6.45) is 5.60. The van der Waals surface area contributed by atoms with E-state index in [0.717, 1.165) is 32.5 Å². The van der Waals surface area contributed by atoms with Gasteiger partial charge < -0.3 is 11.1 Å². The molecule has 1 saturated carbocycles. The average Bonchev–Trinajstić information content (AvgIpc) is 2.99. The normalized spacial score (nSPS) is 26.0. The Balaban J connectivity index is 1.77. The van der Waals surface area contributed by atoms with Gasteiger partial charge >= 0.3 is 0 Å². The molecule has 2 fully saturated rings. The lowest BCUT2D eigenvalue weighted by Crippen LogP contribution is -2.43. The SMILES string of the molecule is CCN1CCCC1CNC(N)=NCC1(CS(C)(=O)=O)CC1. The summed E-state index contributed by atoms with van der Waals surface area (Å²) in [7, 11) is -2.94. The molecular formula is C14H28N4O2S. The number of likely N-dealkylation sites (tertiary alicyclic amines) is 1. The maximum atomic E-state index is 11.4. The average molecular weight is 316 g/mol. The Labute approximate surface area is 128 Å². The zero-order chi connectivity index (χ0) is 15.5. The van der Waals surface area contributed by atoms with Gasteiger partial charge in [-0.2, -0.15) is 0 Å². The first-order valence-electron chi connectivity index (χ1n) is 7.79. The summed E-state index contributed by atoms with van der Waals surface area (Å²) in [5.74, 6) is 0.668. The minimum atomic E-state index is -2.94. The Morgan fingerprint density at radius 2 is 2.19 bits per heavy atom. The van der Waals surface area contributed by atoms with Crippen molar-refractivity contribution < 1.29 is 8.42 Å². The fraction of sp³-hybridized carbons (Fsp3) is 0.929. The summed E-state index contributed by atoms with van der Waals surface area (Å²) in [4.78, 5) is 6.81. The number of likely N-dealkylation sites (N-methyl/N-ethyl adjacent to an activating group) is 1. The van der Waals surface area contributed by atoms with Crippen molar-refractivity contribution in [1.29, 1.82) is 0 Å². The number of hydrogen-bond acceptors (Lipinski definition) is 4. The van der Waals surface area contributed by atoms with E-state index in [-0.39, 0.29) is 11.2 Å². The first kappa shape index (κ1) is 16.5. The minimum Gasteiger partial charge on any atom is -0.370 e. The monoisotopic (exact) mass is 316 g/mol. The van der Waals surface area contributed by atoms with Crippen LogP contribution in [-0.4, -0.2) is 63.5 Å². The van der Waals surface area contributed by atoms with Crippen molar-refractivity contribution in [3.8, 4) is 0 Å². The van der Waals surface area contributed by atoms with Gasteiger partial charge in [-0.1, -0.05) is 6.92 Å². The Bertz CT molecular complexity index is 485.